The predicted molar refractivity (Wildman–Crippen MR) is 173 cm³/mol. The maximum Gasteiger partial charge on any atom is 0.472 e. The summed E-state index contributed by atoms with van der Waals surface area (Å²) in [5.41, 5.74) is 5.28. The zero-order valence-electron chi connectivity index (χ0n) is 26.2. The SMILES string of the molecule is CC/C=C\C/C=C\C/C=C\C/C=C\C/C=C\CCCCCCCCOCC(COP(=O)(O)OCCN)OC(=O)CCC. The lowest BCUT2D eigenvalue weighted by atomic mass is 10.1. The minimum absolute atomic E-state index is 0.0935. The number of ether oxygens (including phenoxy) is 2. The number of unbranched alkanes of at least 4 members (excludes halogenated alkanes) is 6. The molecule has 0 amide bonds. The smallest absolute Gasteiger partial charge is 0.457 e. The van der Waals surface area contributed by atoms with Crippen LogP contribution in [0.15, 0.2) is 60.8 Å². The van der Waals surface area contributed by atoms with Gasteiger partial charge >= 0.3 is 13.8 Å². The molecule has 42 heavy (non-hydrogen) atoms. The molecule has 0 saturated carbocycles. The summed E-state index contributed by atoms with van der Waals surface area (Å²) in [5, 5.41) is 0. The Hall–Kier alpha value is -1.80. The van der Waals surface area contributed by atoms with Gasteiger partial charge in [0, 0.05) is 19.6 Å². The number of allylic oxidation sites excluding steroid dienone is 10. The molecule has 0 bridgehead atoms. The largest absolute Gasteiger partial charge is 0.472 e. The average Bonchev–Trinajstić information content (AvgIpc) is 2.97. The Balaban J connectivity index is 3.81. The standard InChI is InChI=1S/C33H58NO7P/c1-3-5-6-7-8-9-10-11-12-13-14-15-16-17-18-19-20-21-22-23-24-25-28-38-30-32(41-33(35)26-4-2)31-40-42(36,37)39-29-27-34/h5-6,8-9,11-12,14-15,17-18,32H,3-4,7,10,13,16,19-31,34H2,1-2H3,(H,36,37)/b6-5-,9-8-,12-11-,15-14-,18-17-. The van der Waals surface area contributed by atoms with E-state index in [0.29, 0.717) is 13.0 Å². The summed E-state index contributed by atoms with van der Waals surface area (Å²) in [6.07, 6.45) is 35.3. The zero-order chi connectivity index (χ0) is 31.0. The van der Waals surface area contributed by atoms with Crippen LogP contribution in [0, 0.1) is 0 Å². The summed E-state index contributed by atoms with van der Waals surface area (Å²) in [6, 6.07) is 0. The number of hydrogen-bond acceptors (Lipinski definition) is 7. The highest BCUT2D eigenvalue weighted by Gasteiger charge is 2.25. The summed E-state index contributed by atoms with van der Waals surface area (Å²) in [7, 11) is -4.24. The van der Waals surface area contributed by atoms with E-state index in [9.17, 15) is 14.3 Å². The molecule has 3 N–H and O–H groups in total. The Bertz CT molecular complexity index is 823. The third-order valence-electron chi connectivity index (χ3n) is 5.92. The van der Waals surface area contributed by atoms with Gasteiger partial charge in [0.05, 0.1) is 19.8 Å². The van der Waals surface area contributed by atoms with Gasteiger partial charge in [-0.25, -0.2) is 4.57 Å². The van der Waals surface area contributed by atoms with Crippen molar-refractivity contribution in [1.82, 2.24) is 0 Å². The second-order valence-electron chi connectivity index (χ2n) is 9.94. The molecular formula is C33H58NO7P. The van der Waals surface area contributed by atoms with Gasteiger partial charge in [-0.3, -0.25) is 13.8 Å². The first-order chi connectivity index (χ1) is 20.4. The van der Waals surface area contributed by atoms with Crippen LogP contribution in [0.25, 0.3) is 0 Å². The quantitative estimate of drug-likeness (QED) is 0.0375. The second-order valence-corrected chi connectivity index (χ2v) is 11.4. The molecule has 0 fully saturated rings. The summed E-state index contributed by atoms with van der Waals surface area (Å²) in [4.78, 5) is 21.5. The molecule has 0 aliphatic carbocycles. The van der Waals surface area contributed by atoms with E-state index in [1.807, 2.05) is 6.92 Å². The molecule has 0 aromatic rings. The van der Waals surface area contributed by atoms with Gasteiger partial charge < -0.3 is 20.1 Å². The molecule has 8 nitrogen and oxygen atoms in total. The number of rotatable bonds is 29. The molecule has 0 aliphatic rings. The van der Waals surface area contributed by atoms with E-state index in [-0.39, 0.29) is 32.8 Å². The number of carbonyl (C=O) groups is 1. The summed E-state index contributed by atoms with van der Waals surface area (Å²) in [6.45, 7) is 4.35. The van der Waals surface area contributed by atoms with E-state index < -0.39 is 19.9 Å². The van der Waals surface area contributed by atoms with Crippen molar-refractivity contribution in [2.75, 3.05) is 33.0 Å². The van der Waals surface area contributed by atoms with Crippen molar-refractivity contribution in [3.8, 4) is 0 Å². The summed E-state index contributed by atoms with van der Waals surface area (Å²) in [5.74, 6) is -0.394. The summed E-state index contributed by atoms with van der Waals surface area (Å²) < 4.78 is 32.5. The molecular weight excluding hydrogens is 553 g/mol. The Morgan fingerprint density at radius 2 is 1.29 bits per heavy atom. The van der Waals surface area contributed by atoms with E-state index >= 15 is 0 Å². The van der Waals surface area contributed by atoms with Crippen molar-refractivity contribution in [3.63, 3.8) is 0 Å². The van der Waals surface area contributed by atoms with Gasteiger partial charge in [-0.15, -0.1) is 0 Å². The monoisotopic (exact) mass is 611 g/mol. The third-order valence-corrected chi connectivity index (χ3v) is 6.90. The Morgan fingerprint density at radius 3 is 1.86 bits per heavy atom. The molecule has 2 atom stereocenters. The number of phosphoric ester groups is 1. The highest BCUT2D eigenvalue weighted by Crippen LogP contribution is 2.43. The molecule has 242 valence electrons. The highest BCUT2D eigenvalue weighted by molar-refractivity contribution is 7.47. The molecule has 0 spiro atoms. The number of esters is 1. The van der Waals surface area contributed by atoms with Crippen LogP contribution in [0.2, 0.25) is 0 Å². The zero-order valence-corrected chi connectivity index (χ0v) is 27.1. The molecule has 0 heterocycles. The predicted octanol–water partition coefficient (Wildman–Crippen LogP) is 8.29. The second kappa shape index (κ2) is 30.7. The highest BCUT2D eigenvalue weighted by atomic mass is 31.2. The van der Waals surface area contributed by atoms with Crippen molar-refractivity contribution >= 4 is 13.8 Å². The van der Waals surface area contributed by atoms with Crippen LogP contribution in [0.1, 0.15) is 104 Å². The van der Waals surface area contributed by atoms with E-state index in [0.717, 1.165) is 57.8 Å². The van der Waals surface area contributed by atoms with Crippen LogP contribution in [-0.2, 0) is 27.9 Å². The Labute approximate surface area is 255 Å². The van der Waals surface area contributed by atoms with Gasteiger partial charge in [0.2, 0.25) is 0 Å². The van der Waals surface area contributed by atoms with Crippen LogP contribution in [0.5, 0.6) is 0 Å². The molecule has 0 rings (SSSR count). The van der Waals surface area contributed by atoms with Crippen LogP contribution >= 0.6 is 7.82 Å². The van der Waals surface area contributed by atoms with E-state index in [2.05, 4.69) is 67.7 Å². The van der Waals surface area contributed by atoms with Crippen LogP contribution in [0.4, 0.5) is 0 Å². The van der Waals surface area contributed by atoms with Crippen molar-refractivity contribution in [1.29, 1.82) is 0 Å². The van der Waals surface area contributed by atoms with Gasteiger partial charge in [0.15, 0.2) is 0 Å². The first-order valence-electron chi connectivity index (χ1n) is 15.8. The number of carbonyl (C=O) groups excluding carboxylic acids is 1. The molecule has 0 radical (unpaired) electrons. The van der Waals surface area contributed by atoms with Crippen molar-refractivity contribution in [2.24, 2.45) is 5.73 Å². The minimum Gasteiger partial charge on any atom is -0.457 e. The third kappa shape index (κ3) is 29.7. The van der Waals surface area contributed by atoms with E-state index in [4.69, 9.17) is 24.3 Å². The molecule has 0 saturated heterocycles. The van der Waals surface area contributed by atoms with Gasteiger partial charge in [-0.1, -0.05) is 100 Å². The Kier molecular flexibility index (Phi) is 29.3. The van der Waals surface area contributed by atoms with E-state index in [1.54, 1.807) is 0 Å². The van der Waals surface area contributed by atoms with Crippen molar-refractivity contribution in [3.05, 3.63) is 60.8 Å². The number of hydrogen-bond donors (Lipinski definition) is 2. The molecule has 0 aromatic carbocycles. The Morgan fingerprint density at radius 1 is 0.738 bits per heavy atom. The maximum absolute atomic E-state index is 11.9. The lowest BCUT2D eigenvalue weighted by Gasteiger charge is -2.19. The van der Waals surface area contributed by atoms with E-state index in [1.165, 1.54) is 19.3 Å². The molecule has 2 unspecified atom stereocenters. The van der Waals surface area contributed by atoms with Crippen LogP contribution < -0.4 is 5.73 Å². The lowest BCUT2D eigenvalue weighted by Crippen LogP contribution is -2.28. The average molecular weight is 612 g/mol. The topological polar surface area (TPSA) is 117 Å². The first kappa shape index (κ1) is 40.2. The normalized spacial score (nSPS) is 14.7. The summed E-state index contributed by atoms with van der Waals surface area (Å²) >= 11 is 0. The van der Waals surface area contributed by atoms with Crippen molar-refractivity contribution < 1.29 is 32.8 Å². The number of phosphoric acid groups is 1. The van der Waals surface area contributed by atoms with Gasteiger partial charge in [0.1, 0.15) is 6.10 Å². The molecule has 0 aliphatic heterocycles. The van der Waals surface area contributed by atoms with Gasteiger partial charge in [0.25, 0.3) is 0 Å². The van der Waals surface area contributed by atoms with Gasteiger partial charge in [-0.05, 0) is 57.8 Å². The number of nitrogens with two attached hydrogens (primary N) is 1. The fourth-order valence-corrected chi connectivity index (χ4v) is 4.47. The van der Waals surface area contributed by atoms with Crippen LogP contribution in [0.3, 0.4) is 0 Å². The fourth-order valence-electron chi connectivity index (χ4n) is 3.70. The van der Waals surface area contributed by atoms with Crippen LogP contribution in [-0.4, -0.2) is 49.9 Å². The minimum atomic E-state index is -4.24. The fraction of sp³-hybridized carbons (Fsp3) is 0.667. The first-order valence-corrected chi connectivity index (χ1v) is 17.3. The van der Waals surface area contributed by atoms with Crippen molar-refractivity contribution in [2.45, 2.75) is 110 Å². The van der Waals surface area contributed by atoms with Gasteiger partial charge in [-0.2, -0.15) is 0 Å². The maximum atomic E-state index is 11.9. The molecule has 0 aromatic heterocycles. The molecule has 9 heteroatoms. The lowest BCUT2D eigenvalue weighted by molar-refractivity contribution is -0.154.